The Hall–Kier alpha value is -1.82. The summed E-state index contributed by atoms with van der Waals surface area (Å²) >= 11 is 12.1. The van der Waals surface area contributed by atoms with E-state index in [1.807, 2.05) is 7.05 Å². The fraction of sp³-hybridized carbons (Fsp3) is 0.316. The molecule has 0 saturated carbocycles. The van der Waals surface area contributed by atoms with Gasteiger partial charge >= 0.3 is 6.09 Å². The van der Waals surface area contributed by atoms with Crippen molar-refractivity contribution < 1.29 is 13.9 Å². The fourth-order valence-corrected chi connectivity index (χ4v) is 3.30. The molecule has 1 fully saturated rings. The van der Waals surface area contributed by atoms with E-state index in [2.05, 4.69) is 4.90 Å². The van der Waals surface area contributed by atoms with Crippen molar-refractivity contribution in [2.75, 3.05) is 32.1 Å². The van der Waals surface area contributed by atoms with Gasteiger partial charge in [0.2, 0.25) is 0 Å². The van der Waals surface area contributed by atoms with Crippen LogP contribution in [0.2, 0.25) is 10.0 Å². The summed E-state index contributed by atoms with van der Waals surface area (Å²) in [4.78, 5) is 16.0. The van der Waals surface area contributed by atoms with Crippen molar-refractivity contribution in [3.05, 3.63) is 52.3 Å². The third-order valence-corrected chi connectivity index (χ3v) is 5.18. The first-order valence-electron chi connectivity index (χ1n) is 8.23. The molecule has 1 aliphatic rings. The molecule has 1 atom stereocenters. The van der Waals surface area contributed by atoms with Gasteiger partial charge in [-0.05, 0) is 49.4 Å². The number of benzene rings is 2. The first kappa shape index (κ1) is 19.0. The van der Waals surface area contributed by atoms with Crippen molar-refractivity contribution in [1.29, 1.82) is 0 Å². The Bertz CT molecular complexity index is 831. The van der Waals surface area contributed by atoms with Crippen LogP contribution in [0.5, 0.6) is 0 Å². The summed E-state index contributed by atoms with van der Waals surface area (Å²) in [5.74, 6) is -0.408. The van der Waals surface area contributed by atoms with Gasteiger partial charge in [0.05, 0.1) is 15.7 Å². The lowest BCUT2D eigenvalue weighted by atomic mass is 10.0. The molecule has 26 heavy (non-hydrogen) atoms. The average Bonchev–Trinajstić information content (AvgIpc) is 3.01. The molecule has 0 N–H and O–H groups in total. The highest BCUT2D eigenvalue weighted by Crippen LogP contribution is 2.35. The molecule has 1 amide bonds. The van der Waals surface area contributed by atoms with Crippen molar-refractivity contribution in [3.63, 3.8) is 0 Å². The van der Waals surface area contributed by atoms with E-state index in [0.29, 0.717) is 33.4 Å². The fourth-order valence-electron chi connectivity index (χ4n) is 3.01. The topological polar surface area (TPSA) is 32.8 Å². The molecule has 0 spiro atoms. The maximum absolute atomic E-state index is 13.8. The first-order valence-corrected chi connectivity index (χ1v) is 8.98. The van der Waals surface area contributed by atoms with Gasteiger partial charge in [0, 0.05) is 25.7 Å². The largest absolute Gasteiger partial charge is 0.444 e. The summed E-state index contributed by atoms with van der Waals surface area (Å²) in [6.45, 7) is 1.61. The maximum Gasteiger partial charge on any atom is 0.414 e. The highest BCUT2D eigenvalue weighted by molar-refractivity contribution is 6.42. The van der Waals surface area contributed by atoms with Gasteiger partial charge in [-0.15, -0.1) is 0 Å². The molecule has 2 aromatic carbocycles. The van der Waals surface area contributed by atoms with E-state index in [1.54, 1.807) is 31.3 Å². The second kappa shape index (κ2) is 7.82. The summed E-state index contributed by atoms with van der Waals surface area (Å²) in [6.07, 6.45) is 0.195. The zero-order chi connectivity index (χ0) is 18.8. The van der Waals surface area contributed by atoms with Crippen LogP contribution in [-0.2, 0) is 4.74 Å². The molecular formula is C19H19Cl2FN2O2. The van der Waals surface area contributed by atoms with Crippen LogP contribution in [0.25, 0.3) is 11.1 Å². The summed E-state index contributed by atoms with van der Waals surface area (Å²) in [6, 6.07) is 9.24. The molecule has 0 aliphatic carbocycles. The predicted molar refractivity (Wildman–Crippen MR) is 103 cm³/mol. The van der Waals surface area contributed by atoms with E-state index in [-0.39, 0.29) is 6.10 Å². The molecule has 2 aromatic rings. The zero-order valence-corrected chi connectivity index (χ0v) is 16.0. The van der Waals surface area contributed by atoms with E-state index >= 15 is 0 Å². The van der Waals surface area contributed by atoms with Crippen LogP contribution in [0.3, 0.4) is 0 Å². The number of ether oxygens (including phenoxy) is 1. The highest BCUT2D eigenvalue weighted by atomic mass is 35.5. The molecule has 0 bridgehead atoms. The number of hydrogen-bond donors (Lipinski definition) is 0. The van der Waals surface area contributed by atoms with Crippen LogP contribution in [0, 0.1) is 5.82 Å². The zero-order valence-electron chi connectivity index (χ0n) is 14.5. The third kappa shape index (κ3) is 4.11. The predicted octanol–water partition coefficient (Wildman–Crippen LogP) is 5.08. The summed E-state index contributed by atoms with van der Waals surface area (Å²) in [5.41, 5.74) is 1.72. The van der Waals surface area contributed by atoms with Crippen molar-refractivity contribution >= 4 is 35.0 Å². The molecule has 3 rings (SSSR count). The number of likely N-dealkylation sites (tertiary alicyclic amines) is 1. The Morgan fingerprint density at radius 3 is 2.65 bits per heavy atom. The van der Waals surface area contributed by atoms with Crippen LogP contribution < -0.4 is 4.90 Å². The van der Waals surface area contributed by atoms with E-state index in [1.165, 1.54) is 17.0 Å². The van der Waals surface area contributed by atoms with Crippen LogP contribution in [0.15, 0.2) is 36.4 Å². The van der Waals surface area contributed by atoms with E-state index < -0.39 is 11.9 Å². The minimum atomic E-state index is -0.474. The van der Waals surface area contributed by atoms with Crippen LogP contribution in [0.1, 0.15) is 6.42 Å². The average molecular weight is 397 g/mol. The van der Waals surface area contributed by atoms with Crippen molar-refractivity contribution in [3.8, 4) is 11.1 Å². The Balaban J connectivity index is 1.89. The number of anilines is 1. The molecule has 0 radical (unpaired) electrons. The van der Waals surface area contributed by atoms with E-state index in [0.717, 1.165) is 13.0 Å². The van der Waals surface area contributed by atoms with Crippen molar-refractivity contribution in [2.45, 2.75) is 12.5 Å². The normalized spacial score (nSPS) is 17.3. The molecule has 0 aromatic heterocycles. The van der Waals surface area contributed by atoms with Gasteiger partial charge in [0.15, 0.2) is 0 Å². The lowest BCUT2D eigenvalue weighted by Gasteiger charge is -2.23. The minimum absolute atomic E-state index is 0.135. The van der Waals surface area contributed by atoms with Crippen LogP contribution >= 0.6 is 23.2 Å². The Kier molecular flexibility index (Phi) is 5.70. The summed E-state index contributed by atoms with van der Waals surface area (Å²) in [5, 5.41) is 0.769. The SMILES string of the molecule is CN1CC[C@H](OC(=O)N(C)c2ccc(F)cc2-c2ccc(Cl)c(Cl)c2)C1. The number of hydrogen-bond acceptors (Lipinski definition) is 3. The third-order valence-electron chi connectivity index (χ3n) is 4.44. The molecule has 0 unspecified atom stereocenters. The Labute approximate surface area is 162 Å². The second-order valence-corrected chi connectivity index (χ2v) is 7.22. The summed E-state index contributed by atoms with van der Waals surface area (Å²) < 4.78 is 19.4. The number of nitrogens with zero attached hydrogens (tertiary/aromatic N) is 2. The Morgan fingerprint density at radius 1 is 1.23 bits per heavy atom. The van der Waals surface area contributed by atoms with Gasteiger partial charge in [-0.2, -0.15) is 0 Å². The molecule has 1 aliphatic heterocycles. The lowest BCUT2D eigenvalue weighted by molar-refractivity contribution is 0.110. The van der Waals surface area contributed by atoms with Gasteiger partial charge in [-0.3, -0.25) is 4.90 Å². The van der Waals surface area contributed by atoms with Gasteiger partial charge < -0.3 is 9.64 Å². The highest BCUT2D eigenvalue weighted by Gasteiger charge is 2.26. The summed E-state index contributed by atoms with van der Waals surface area (Å²) in [7, 11) is 3.59. The van der Waals surface area contributed by atoms with Crippen LogP contribution in [0.4, 0.5) is 14.9 Å². The minimum Gasteiger partial charge on any atom is -0.444 e. The van der Waals surface area contributed by atoms with Crippen LogP contribution in [-0.4, -0.2) is 44.3 Å². The number of rotatable bonds is 3. The molecule has 1 saturated heterocycles. The van der Waals surface area contributed by atoms with Crippen molar-refractivity contribution in [2.24, 2.45) is 0 Å². The quantitative estimate of drug-likeness (QED) is 0.725. The first-order chi connectivity index (χ1) is 12.3. The van der Waals surface area contributed by atoms with Gasteiger partial charge in [0.25, 0.3) is 0 Å². The van der Waals surface area contributed by atoms with Gasteiger partial charge in [-0.25, -0.2) is 9.18 Å². The molecule has 1 heterocycles. The van der Waals surface area contributed by atoms with E-state index in [4.69, 9.17) is 27.9 Å². The molecule has 4 nitrogen and oxygen atoms in total. The molecule has 138 valence electrons. The maximum atomic E-state index is 13.8. The van der Waals surface area contributed by atoms with Gasteiger partial charge in [-0.1, -0.05) is 29.3 Å². The number of carbonyl (C=O) groups excluding carboxylic acids is 1. The number of amides is 1. The van der Waals surface area contributed by atoms with Gasteiger partial charge in [0.1, 0.15) is 11.9 Å². The number of carbonyl (C=O) groups is 1. The number of halogens is 3. The molecule has 7 heteroatoms. The number of likely N-dealkylation sites (N-methyl/N-ethyl adjacent to an activating group) is 1. The Morgan fingerprint density at radius 2 is 2.00 bits per heavy atom. The standard InChI is InChI=1S/C19H19Cl2FN2O2/c1-23-8-7-14(11-23)26-19(25)24(2)18-6-4-13(22)10-15(18)12-3-5-16(20)17(21)9-12/h3-6,9-10,14H,7-8,11H2,1-2H3/t14-/m0/s1. The smallest absolute Gasteiger partial charge is 0.414 e. The monoisotopic (exact) mass is 396 g/mol. The van der Waals surface area contributed by atoms with Crippen molar-refractivity contribution in [1.82, 2.24) is 4.90 Å². The lowest BCUT2D eigenvalue weighted by Crippen LogP contribution is -2.32. The molecular weight excluding hydrogens is 378 g/mol. The second-order valence-electron chi connectivity index (χ2n) is 6.41. The van der Waals surface area contributed by atoms with E-state index in [9.17, 15) is 9.18 Å².